The molecule has 0 N–H and O–H groups in total. The van der Waals surface area contributed by atoms with Gasteiger partial charge in [0.05, 0.1) is 20.2 Å². The first-order valence-corrected chi connectivity index (χ1v) is 10.3. The molecular formula is C22H31N5O3. The number of amides is 1. The van der Waals surface area contributed by atoms with E-state index in [-0.39, 0.29) is 5.91 Å². The highest BCUT2D eigenvalue weighted by Crippen LogP contribution is 2.20. The lowest BCUT2D eigenvalue weighted by Crippen LogP contribution is -2.49. The van der Waals surface area contributed by atoms with E-state index in [1.54, 1.807) is 7.11 Å². The quantitative estimate of drug-likeness (QED) is 0.584. The molecule has 30 heavy (non-hydrogen) atoms. The summed E-state index contributed by atoms with van der Waals surface area (Å²) in [7, 11) is 1.64. The Morgan fingerprint density at radius 3 is 2.47 bits per heavy atom. The number of likely N-dealkylation sites (N-methyl/N-ethyl adjacent to an activating group) is 1. The number of piperazine rings is 1. The van der Waals surface area contributed by atoms with Crippen molar-refractivity contribution >= 4 is 5.91 Å². The van der Waals surface area contributed by atoms with Crippen LogP contribution in [-0.2, 0) is 11.3 Å². The molecule has 0 unspecified atom stereocenters. The Labute approximate surface area is 178 Å². The van der Waals surface area contributed by atoms with Gasteiger partial charge in [-0.2, -0.15) is 4.98 Å². The third-order valence-corrected chi connectivity index (χ3v) is 5.19. The molecule has 1 amide bonds. The SMILES string of the molecule is C=C(C)CN(CC)C(=O)CN1CCN(Cc2nc(-c3ccc(OC)cc3)no2)CC1. The van der Waals surface area contributed by atoms with Gasteiger partial charge < -0.3 is 14.2 Å². The van der Waals surface area contributed by atoms with Crippen molar-refractivity contribution in [2.75, 3.05) is 52.9 Å². The molecule has 2 aromatic rings. The molecule has 0 saturated carbocycles. The van der Waals surface area contributed by atoms with Gasteiger partial charge in [-0.05, 0) is 38.1 Å². The second-order valence-electron chi connectivity index (χ2n) is 7.66. The highest BCUT2D eigenvalue weighted by molar-refractivity contribution is 5.78. The van der Waals surface area contributed by atoms with Gasteiger partial charge in [-0.3, -0.25) is 14.6 Å². The molecule has 1 saturated heterocycles. The number of aromatic nitrogens is 2. The number of ether oxygens (including phenoxy) is 1. The Bertz CT molecular complexity index is 841. The summed E-state index contributed by atoms with van der Waals surface area (Å²) >= 11 is 0. The maximum atomic E-state index is 12.5. The van der Waals surface area contributed by atoms with Crippen molar-refractivity contribution in [3.63, 3.8) is 0 Å². The number of hydrogen-bond donors (Lipinski definition) is 0. The Morgan fingerprint density at radius 2 is 1.87 bits per heavy atom. The van der Waals surface area contributed by atoms with Gasteiger partial charge in [0.25, 0.3) is 0 Å². The Morgan fingerprint density at radius 1 is 1.20 bits per heavy atom. The van der Waals surface area contributed by atoms with E-state index < -0.39 is 0 Å². The minimum absolute atomic E-state index is 0.162. The van der Waals surface area contributed by atoms with Gasteiger partial charge in [0.2, 0.25) is 17.6 Å². The number of rotatable bonds is 9. The average Bonchev–Trinajstić information content (AvgIpc) is 3.21. The van der Waals surface area contributed by atoms with E-state index in [0.29, 0.717) is 37.9 Å². The van der Waals surface area contributed by atoms with Crippen LogP contribution in [0.2, 0.25) is 0 Å². The minimum atomic E-state index is 0.162. The van der Waals surface area contributed by atoms with E-state index in [0.717, 1.165) is 43.1 Å². The molecule has 162 valence electrons. The zero-order valence-corrected chi connectivity index (χ0v) is 18.1. The lowest BCUT2D eigenvalue weighted by molar-refractivity contribution is -0.132. The Kier molecular flexibility index (Phi) is 7.59. The van der Waals surface area contributed by atoms with Crippen LogP contribution in [0.4, 0.5) is 0 Å². The molecule has 8 nitrogen and oxygen atoms in total. The molecule has 1 aliphatic heterocycles. The summed E-state index contributed by atoms with van der Waals surface area (Å²) in [5.41, 5.74) is 1.90. The van der Waals surface area contributed by atoms with E-state index in [9.17, 15) is 4.79 Å². The number of carbonyl (C=O) groups is 1. The molecule has 0 atom stereocenters. The topological polar surface area (TPSA) is 74.9 Å². The van der Waals surface area contributed by atoms with Gasteiger partial charge in [-0.15, -0.1) is 0 Å². The fourth-order valence-corrected chi connectivity index (χ4v) is 3.47. The van der Waals surface area contributed by atoms with E-state index in [2.05, 4.69) is 26.5 Å². The van der Waals surface area contributed by atoms with E-state index in [4.69, 9.17) is 9.26 Å². The summed E-state index contributed by atoms with van der Waals surface area (Å²) in [4.78, 5) is 23.4. The summed E-state index contributed by atoms with van der Waals surface area (Å²) in [6.07, 6.45) is 0. The standard InChI is InChI=1S/C22H31N5O3/c1-5-27(14-17(2)3)21(28)16-26-12-10-25(11-13-26)15-20-23-22(24-30-20)18-6-8-19(29-4)9-7-18/h6-9H,2,5,10-16H2,1,3-4H3. The zero-order chi connectivity index (χ0) is 21.5. The Hall–Kier alpha value is -2.71. The molecule has 1 aliphatic rings. The van der Waals surface area contributed by atoms with Crippen molar-refractivity contribution in [3.05, 3.63) is 42.3 Å². The first-order valence-electron chi connectivity index (χ1n) is 10.3. The van der Waals surface area contributed by atoms with Crippen molar-refractivity contribution in [1.29, 1.82) is 0 Å². The van der Waals surface area contributed by atoms with Crippen LogP contribution in [0.15, 0.2) is 40.9 Å². The van der Waals surface area contributed by atoms with Crippen LogP contribution in [-0.4, -0.2) is 83.7 Å². The molecule has 0 radical (unpaired) electrons. The minimum Gasteiger partial charge on any atom is -0.497 e. The van der Waals surface area contributed by atoms with Gasteiger partial charge in [0.1, 0.15) is 5.75 Å². The van der Waals surface area contributed by atoms with Crippen molar-refractivity contribution < 1.29 is 14.1 Å². The van der Waals surface area contributed by atoms with Crippen LogP contribution in [0.3, 0.4) is 0 Å². The predicted octanol–water partition coefficient (Wildman–Crippen LogP) is 2.29. The molecule has 1 fully saturated rings. The fraction of sp³-hybridized carbons (Fsp3) is 0.500. The number of carbonyl (C=O) groups excluding carboxylic acids is 1. The molecule has 8 heteroatoms. The predicted molar refractivity (Wildman–Crippen MR) is 115 cm³/mol. The Balaban J connectivity index is 1.47. The zero-order valence-electron chi connectivity index (χ0n) is 18.1. The first-order chi connectivity index (χ1) is 14.5. The van der Waals surface area contributed by atoms with Gasteiger partial charge in [-0.25, -0.2) is 0 Å². The van der Waals surface area contributed by atoms with Crippen LogP contribution in [0.25, 0.3) is 11.4 Å². The molecule has 3 rings (SSSR count). The maximum Gasteiger partial charge on any atom is 0.241 e. The number of nitrogens with zero attached hydrogens (tertiary/aromatic N) is 5. The van der Waals surface area contributed by atoms with Crippen LogP contribution in [0.5, 0.6) is 5.75 Å². The fourth-order valence-electron chi connectivity index (χ4n) is 3.47. The van der Waals surface area contributed by atoms with Gasteiger partial charge in [-0.1, -0.05) is 17.3 Å². The summed E-state index contributed by atoms with van der Waals surface area (Å²) in [5, 5.41) is 4.09. The summed E-state index contributed by atoms with van der Waals surface area (Å²) in [5.74, 6) is 2.13. The summed E-state index contributed by atoms with van der Waals surface area (Å²) in [6, 6.07) is 7.58. The molecule has 1 aromatic heterocycles. The molecule has 1 aromatic carbocycles. The van der Waals surface area contributed by atoms with Crippen LogP contribution < -0.4 is 4.74 Å². The maximum absolute atomic E-state index is 12.5. The molecule has 2 heterocycles. The largest absolute Gasteiger partial charge is 0.497 e. The molecule has 0 aliphatic carbocycles. The monoisotopic (exact) mass is 413 g/mol. The van der Waals surface area contributed by atoms with Crippen LogP contribution in [0.1, 0.15) is 19.7 Å². The van der Waals surface area contributed by atoms with Crippen LogP contribution >= 0.6 is 0 Å². The number of benzene rings is 1. The van der Waals surface area contributed by atoms with E-state index >= 15 is 0 Å². The first kappa shape index (κ1) is 22.0. The second-order valence-corrected chi connectivity index (χ2v) is 7.66. The number of hydrogen-bond acceptors (Lipinski definition) is 7. The average molecular weight is 414 g/mol. The van der Waals surface area contributed by atoms with Gasteiger partial charge >= 0.3 is 0 Å². The highest BCUT2D eigenvalue weighted by atomic mass is 16.5. The van der Waals surface area contributed by atoms with Crippen molar-refractivity contribution in [2.45, 2.75) is 20.4 Å². The van der Waals surface area contributed by atoms with Crippen molar-refractivity contribution in [1.82, 2.24) is 24.8 Å². The highest BCUT2D eigenvalue weighted by Gasteiger charge is 2.22. The third kappa shape index (κ3) is 5.90. The van der Waals surface area contributed by atoms with Crippen molar-refractivity contribution in [2.24, 2.45) is 0 Å². The normalized spacial score (nSPS) is 15.2. The van der Waals surface area contributed by atoms with E-state index in [1.807, 2.05) is 43.0 Å². The molecule has 0 bridgehead atoms. The van der Waals surface area contributed by atoms with Gasteiger partial charge in [0.15, 0.2) is 0 Å². The van der Waals surface area contributed by atoms with Crippen LogP contribution in [0, 0.1) is 0 Å². The van der Waals surface area contributed by atoms with Crippen molar-refractivity contribution in [3.8, 4) is 17.1 Å². The second kappa shape index (κ2) is 10.4. The smallest absolute Gasteiger partial charge is 0.241 e. The molecule has 0 spiro atoms. The lowest BCUT2D eigenvalue weighted by Gasteiger charge is -2.34. The summed E-state index contributed by atoms with van der Waals surface area (Å²) < 4.78 is 10.6. The van der Waals surface area contributed by atoms with E-state index in [1.165, 1.54) is 0 Å². The van der Waals surface area contributed by atoms with Gasteiger partial charge in [0, 0.05) is 44.8 Å². The summed E-state index contributed by atoms with van der Waals surface area (Å²) in [6.45, 7) is 13.7. The number of methoxy groups -OCH3 is 1. The third-order valence-electron chi connectivity index (χ3n) is 5.19. The molecular weight excluding hydrogens is 382 g/mol. The lowest BCUT2D eigenvalue weighted by atomic mass is 10.2.